The van der Waals surface area contributed by atoms with Gasteiger partial charge in [-0.3, -0.25) is 0 Å². The molecule has 0 amide bonds. The second-order valence-corrected chi connectivity index (χ2v) is 5.93. The molecule has 100 valence electrons. The lowest BCUT2D eigenvalue weighted by Crippen LogP contribution is -2.30. The van der Waals surface area contributed by atoms with Gasteiger partial charge in [0.25, 0.3) is 0 Å². The quantitative estimate of drug-likeness (QED) is 0.893. The van der Waals surface area contributed by atoms with E-state index in [-0.39, 0.29) is 0 Å². The van der Waals surface area contributed by atoms with Gasteiger partial charge >= 0.3 is 0 Å². The molecular weight excluding hydrogens is 226 g/mol. The molecule has 4 heteroatoms. The summed E-state index contributed by atoms with van der Waals surface area (Å²) in [6.07, 6.45) is 4.95. The third kappa shape index (κ3) is 3.34. The maximum absolute atomic E-state index is 5.17. The Morgan fingerprint density at radius 1 is 1.28 bits per heavy atom. The van der Waals surface area contributed by atoms with E-state index in [4.69, 9.17) is 4.74 Å². The molecule has 0 bridgehead atoms. The Bertz CT molecular complexity index is 408. The number of anilines is 1. The predicted octanol–water partition coefficient (Wildman–Crippen LogP) is 3.17. The highest BCUT2D eigenvalue weighted by Gasteiger charge is 2.26. The van der Waals surface area contributed by atoms with E-state index >= 15 is 0 Å². The van der Waals surface area contributed by atoms with Crippen molar-refractivity contribution in [2.45, 2.75) is 52.5 Å². The maximum Gasteiger partial charge on any atom is 0.218 e. The van der Waals surface area contributed by atoms with Crippen LogP contribution >= 0.6 is 0 Å². The fraction of sp³-hybridized carbons (Fsp3) is 0.714. The lowest BCUT2D eigenvalue weighted by molar-refractivity contribution is 0.232. The standard InChI is InChI=1S/C14H23N3O/c1-10-15-12(9-13(16-10)18-4)17-11-5-7-14(2,3)8-6-11/h9,11H,5-8H2,1-4H3,(H,15,16,17). The second-order valence-electron chi connectivity index (χ2n) is 5.93. The van der Waals surface area contributed by atoms with Crippen molar-refractivity contribution in [1.29, 1.82) is 0 Å². The van der Waals surface area contributed by atoms with E-state index in [0.717, 1.165) is 11.6 Å². The molecule has 0 unspecified atom stereocenters. The minimum atomic E-state index is 0.497. The van der Waals surface area contributed by atoms with Gasteiger partial charge in [-0.25, -0.2) is 4.98 Å². The molecule has 1 aliphatic carbocycles. The Balaban J connectivity index is 2.00. The Morgan fingerprint density at radius 2 is 1.94 bits per heavy atom. The first-order valence-electron chi connectivity index (χ1n) is 6.65. The predicted molar refractivity (Wildman–Crippen MR) is 73.0 cm³/mol. The number of ether oxygens (including phenoxy) is 1. The van der Waals surface area contributed by atoms with Crippen LogP contribution in [0, 0.1) is 12.3 Å². The number of rotatable bonds is 3. The molecule has 4 nitrogen and oxygen atoms in total. The molecule has 0 atom stereocenters. The molecule has 1 aromatic rings. The van der Waals surface area contributed by atoms with Crippen molar-refractivity contribution < 1.29 is 4.74 Å². The second kappa shape index (κ2) is 5.12. The first kappa shape index (κ1) is 13.1. The fourth-order valence-electron chi connectivity index (χ4n) is 2.47. The molecule has 18 heavy (non-hydrogen) atoms. The molecule has 1 saturated carbocycles. The smallest absolute Gasteiger partial charge is 0.218 e. The highest BCUT2D eigenvalue weighted by atomic mass is 16.5. The van der Waals surface area contributed by atoms with Crippen molar-refractivity contribution >= 4 is 5.82 Å². The van der Waals surface area contributed by atoms with Gasteiger partial charge in [0.2, 0.25) is 5.88 Å². The first-order chi connectivity index (χ1) is 8.48. The highest BCUT2D eigenvalue weighted by molar-refractivity contribution is 5.39. The molecule has 0 aromatic carbocycles. The lowest BCUT2D eigenvalue weighted by Gasteiger charge is -2.34. The third-order valence-corrected chi connectivity index (χ3v) is 3.71. The van der Waals surface area contributed by atoms with Gasteiger partial charge in [0.1, 0.15) is 11.6 Å². The number of methoxy groups -OCH3 is 1. The van der Waals surface area contributed by atoms with Crippen LogP contribution < -0.4 is 10.1 Å². The maximum atomic E-state index is 5.17. The summed E-state index contributed by atoms with van der Waals surface area (Å²) in [6, 6.07) is 2.39. The molecule has 0 spiro atoms. The highest BCUT2D eigenvalue weighted by Crippen LogP contribution is 2.36. The Labute approximate surface area is 109 Å². The van der Waals surface area contributed by atoms with Crippen LogP contribution in [-0.4, -0.2) is 23.1 Å². The summed E-state index contributed by atoms with van der Waals surface area (Å²) in [5.41, 5.74) is 0.497. The van der Waals surface area contributed by atoms with E-state index in [2.05, 4.69) is 29.1 Å². The minimum Gasteiger partial charge on any atom is -0.481 e. The zero-order valence-corrected chi connectivity index (χ0v) is 11.8. The summed E-state index contributed by atoms with van der Waals surface area (Å²) in [5.74, 6) is 2.25. The van der Waals surface area contributed by atoms with Crippen molar-refractivity contribution in [1.82, 2.24) is 9.97 Å². The van der Waals surface area contributed by atoms with Gasteiger partial charge in [-0.15, -0.1) is 0 Å². The Hall–Kier alpha value is -1.32. The van der Waals surface area contributed by atoms with Crippen molar-refractivity contribution in [3.63, 3.8) is 0 Å². The number of aromatic nitrogens is 2. The van der Waals surface area contributed by atoms with Crippen LogP contribution in [0.3, 0.4) is 0 Å². The summed E-state index contributed by atoms with van der Waals surface area (Å²) in [7, 11) is 1.63. The van der Waals surface area contributed by atoms with Crippen LogP contribution in [-0.2, 0) is 0 Å². The lowest BCUT2D eigenvalue weighted by atomic mass is 9.75. The monoisotopic (exact) mass is 249 g/mol. The van der Waals surface area contributed by atoms with Gasteiger partial charge in [-0.1, -0.05) is 13.8 Å². The van der Waals surface area contributed by atoms with Crippen molar-refractivity contribution in [3.8, 4) is 5.88 Å². The van der Waals surface area contributed by atoms with Crippen molar-refractivity contribution in [2.24, 2.45) is 5.41 Å². The minimum absolute atomic E-state index is 0.497. The summed E-state index contributed by atoms with van der Waals surface area (Å²) in [6.45, 7) is 6.58. The molecule has 1 fully saturated rings. The Morgan fingerprint density at radius 3 is 2.56 bits per heavy atom. The molecule has 1 aromatic heterocycles. The normalized spacial score (nSPS) is 19.6. The number of nitrogens with zero attached hydrogens (tertiary/aromatic N) is 2. The van der Waals surface area contributed by atoms with Crippen LogP contribution in [0.2, 0.25) is 0 Å². The molecular formula is C14H23N3O. The van der Waals surface area contributed by atoms with E-state index in [1.165, 1.54) is 25.7 Å². The topological polar surface area (TPSA) is 47.0 Å². The van der Waals surface area contributed by atoms with Crippen LogP contribution in [0.1, 0.15) is 45.4 Å². The van der Waals surface area contributed by atoms with Gasteiger partial charge in [0.05, 0.1) is 7.11 Å². The van der Waals surface area contributed by atoms with Crippen LogP contribution in [0.15, 0.2) is 6.07 Å². The summed E-state index contributed by atoms with van der Waals surface area (Å²) < 4.78 is 5.17. The molecule has 1 N–H and O–H groups in total. The molecule has 1 heterocycles. The van der Waals surface area contributed by atoms with Crippen LogP contribution in [0.25, 0.3) is 0 Å². The number of nitrogens with one attached hydrogen (secondary N) is 1. The number of hydrogen-bond acceptors (Lipinski definition) is 4. The summed E-state index contributed by atoms with van der Waals surface area (Å²) in [4.78, 5) is 8.61. The fourth-order valence-corrected chi connectivity index (χ4v) is 2.47. The van der Waals surface area contributed by atoms with Crippen LogP contribution in [0.5, 0.6) is 5.88 Å². The van der Waals surface area contributed by atoms with E-state index in [9.17, 15) is 0 Å². The van der Waals surface area contributed by atoms with Gasteiger partial charge in [0, 0.05) is 12.1 Å². The molecule has 0 saturated heterocycles. The van der Waals surface area contributed by atoms with E-state index in [0.29, 0.717) is 17.3 Å². The van der Waals surface area contributed by atoms with Crippen molar-refractivity contribution in [2.75, 3.05) is 12.4 Å². The molecule has 0 aliphatic heterocycles. The SMILES string of the molecule is COc1cc(NC2CCC(C)(C)CC2)nc(C)n1. The number of aryl methyl sites for hydroxylation is 1. The molecule has 2 rings (SSSR count). The van der Waals surface area contributed by atoms with Gasteiger partial charge in [-0.05, 0) is 38.0 Å². The van der Waals surface area contributed by atoms with E-state index in [1.807, 2.05) is 13.0 Å². The zero-order valence-electron chi connectivity index (χ0n) is 11.8. The van der Waals surface area contributed by atoms with Crippen LogP contribution in [0.4, 0.5) is 5.82 Å². The van der Waals surface area contributed by atoms with E-state index < -0.39 is 0 Å². The van der Waals surface area contributed by atoms with Gasteiger partial charge in [-0.2, -0.15) is 4.98 Å². The molecule has 1 aliphatic rings. The zero-order chi connectivity index (χ0) is 13.2. The van der Waals surface area contributed by atoms with Gasteiger partial charge < -0.3 is 10.1 Å². The average molecular weight is 249 g/mol. The summed E-state index contributed by atoms with van der Waals surface area (Å²) in [5, 5.41) is 3.50. The summed E-state index contributed by atoms with van der Waals surface area (Å²) >= 11 is 0. The average Bonchev–Trinajstić information content (AvgIpc) is 2.31. The van der Waals surface area contributed by atoms with Gasteiger partial charge in [0.15, 0.2) is 0 Å². The first-order valence-corrected chi connectivity index (χ1v) is 6.65. The Kier molecular flexibility index (Phi) is 3.73. The third-order valence-electron chi connectivity index (χ3n) is 3.71. The van der Waals surface area contributed by atoms with Crippen molar-refractivity contribution in [3.05, 3.63) is 11.9 Å². The largest absolute Gasteiger partial charge is 0.481 e. The molecule has 0 radical (unpaired) electrons. The number of hydrogen-bond donors (Lipinski definition) is 1. The van der Waals surface area contributed by atoms with E-state index in [1.54, 1.807) is 7.11 Å².